The molecule has 0 bridgehead atoms. The number of nitrogens with zero attached hydrogens (tertiary/aromatic N) is 1. The number of hydrogen-bond donors (Lipinski definition) is 2. The number of Topliss-reactive ketones (excluding diaryl/α,β-unsaturated/α-hetero) is 1. The molecule has 0 aliphatic carbocycles. The fraction of sp³-hybridized carbons (Fsp3) is 0.261. The number of hydrogen-bond acceptors (Lipinski definition) is 4. The Labute approximate surface area is 168 Å². The molecule has 6 heteroatoms. The van der Waals surface area contributed by atoms with Crippen molar-refractivity contribution in [1.82, 2.24) is 14.9 Å². The minimum atomic E-state index is -0.504. The zero-order chi connectivity index (χ0) is 20.2. The van der Waals surface area contributed by atoms with Crippen LogP contribution in [0.1, 0.15) is 28.9 Å². The minimum Gasteiger partial charge on any atom is -0.310 e. The average molecular weight is 389 g/mol. The van der Waals surface area contributed by atoms with Gasteiger partial charge in [-0.2, -0.15) is 0 Å². The standard InChI is InChI=1S/C23H23N3O3/c27-21-13-20(24-23(29)25-21)15-26-12-4-7-19(14-26)22(28)18-10-8-17(9-11-18)16-5-2-1-3-6-16/h1-3,5-6,8-11,13,19H,4,7,12,14-15H2,(H2,24,25,27,29)/t19-/m0/s1. The van der Waals surface area contributed by atoms with Gasteiger partial charge >= 0.3 is 5.69 Å². The van der Waals surface area contributed by atoms with Gasteiger partial charge in [0.05, 0.1) is 0 Å². The largest absolute Gasteiger partial charge is 0.325 e. The second kappa shape index (κ2) is 8.41. The molecular formula is C23H23N3O3. The van der Waals surface area contributed by atoms with Crippen LogP contribution in [0.4, 0.5) is 0 Å². The number of piperidine rings is 1. The Kier molecular flexibility index (Phi) is 5.53. The maximum absolute atomic E-state index is 13.0. The van der Waals surface area contributed by atoms with Crippen LogP contribution >= 0.6 is 0 Å². The summed E-state index contributed by atoms with van der Waals surface area (Å²) in [5.41, 5.74) is 2.59. The Morgan fingerprint density at radius 1 is 0.966 bits per heavy atom. The third kappa shape index (κ3) is 4.60. The number of H-pyrrole nitrogens is 2. The lowest BCUT2D eigenvalue weighted by Gasteiger charge is -2.31. The summed E-state index contributed by atoms with van der Waals surface area (Å²) in [4.78, 5) is 42.9. The Hall–Kier alpha value is -3.25. The predicted octanol–water partition coefficient (Wildman–Crippen LogP) is 2.83. The molecular weight excluding hydrogens is 366 g/mol. The highest BCUT2D eigenvalue weighted by molar-refractivity contribution is 5.98. The molecule has 2 N–H and O–H groups in total. The summed E-state index contributed by atoms with van der Waals surface area (Å²) in [6, 6.07) is 19.3. The molecule has 4 rings (SSSR count). The van der Waals surface area contributed by atoms with Crippen molar-refractivity contribution in [2.75, 3.05) is 13.1 Å². The molecule has 29 heavy (non-hydrogen) atoms. The molecule has 148 valence electrons. The lowest BCUT2D eigenvalue weighted by atomic mass is 9.89. The fourth-order valence-electron chi connectivity index (χ4n) is 3.95. The molecule has 0 spiro atoms. The van der Waals surface area contributed by atoms with E-state index in [4.69, 9.17) is 0 Å². The van der Waals surface area contributed by atoms with Gasteiger partial charge in [0.1, 0.15) is 0 Å². The maximum Gasteiger partial charge on any atom is 0.325 e. The second-order valence-electron chi connectivity index (χ2n) is 7.49. The van der Waals surface area contributed by atoms with Gasteiger partial charge in [-0.05, 0) is 30.5 Å². The van der Waals surface area contributed by atoms with Crippen molar-refractivity contribution in [3.05, 3.63) is 92.8 Å². The number of ketones is 1. The normalized spacial score (nSPS) is 17.2. The third-order valence-electron chi connectivity index (χ3n) is 5.36. The molecule has 1 aliphatic heterocycles. The fourth-order valence-corrected chi connectivity index (χ4v) is 3.95. The molecule has 0 amide bonds. The Bertz CT molecular complexity index is 1070. The summed E-state index contributed by atoms with van der Waals surface area (Å²) >= 11 is 0. The summed E-state index contributed by atoms with van der Waals surface area (Å²) in [5.74, 6) is 0.0637. The van der Waals surface area contributed by atoms with Crippen LogP contribution in [-0.2, 0) is 6.54 Å². The zero-order valence-electron chi connectivity index (χ0n) is 16.1. The smallest absolute Gasteiger partial charge is 0.310 e. The van der Waals surface area contributed by atoms with E-state index in [0.717, 1.165) is 36.1 Å². The van der Waals surface area contributed by atoms with E-state index < -0.39 is 11.2 Å². The van der Waals surface area contributed by atoms with Crippen LogP contribution in [0.3, 0.4) is 0 Å². The first-order chi connectivity index (χ1) is 14.1. The van der Waals surface area contributed by atoms with Gasteiger partial charge in [-0.15, -0.1) is 0 Å². The number of benzene rings is 2. The first-order valence-corrected chi connectivity index (χ1v) is 9.83. The SMILES string of the molecule is O=C(c1ccc(-c2ccccc2)cc1)[C@H]1CCCN(Cc2cc(=O)[nH]c(=O)[nH]2)C1. The van der Waals surface area contributed by atoms with E-state index in [-0.39, 0.29) is 11.7 Å². The lowest BCUT2D eigenvalue weighted by molar-refractivity contribution is 0.0810. The van der Waals surface area contributed by atoms with Crippen LogP contribution in [-0.4, -0.2) is 33.7 Å². The van der Waals surface area contributed by atoms with Crippen LogP contribution in [0.25, 0.3) is 11.1 Å². The van der Waals surface area contributed by atoms with Crippen molar-refractivity contribution in [2.45, 2.75) is 19.4 Å². The molecule has 3 aromatic rings. The molecule has 1 saturated heterocycles. The van der Waals surface area contributed by atoms with Crippen molar-refractivity contribution < 1.29 is 4.79 Å². The van der Waals surface area contributed by atoms with Crippen molar-refractivity contribution in [3.63, 3.8) is 0 Å². The third-order valence-corrected chi connectivity index (χ3v) is 5.36. The number of aromatic amines is 2. The second-order valence-corrected chi connectivity index (χ2v) is 7.49. The Morgan fingerprint density at radius 3 is 2.41 bits per heavy atom. The predicted molar refractivity (Wildman–Crippen MR) is 112 cm³/mol. The number of carbonyl (C=O) groups excluding carboxylic acids is 1. The highest BCUT2D eigenvalue weighted by atomic mass is 16.2. The van der Waals surface area contributed by atoms with Crippen LogP contribution in [0.2, 0.25) is 0 Å². The Balaban J connectivity index is 1.44. The number of aromatic nitrogens is 2. The molecule has 2 aromatic carbocycles. The molecule has 0 radical (unpaired) electrons. The summed E-state index contributed by atoms with van der Waals surface area (Å²) in [6.45, 7) is 1.91. The van der Waals surface area contributed by atoms with Crippen LogP contribution < -0.4 is 11.2 Å². The molecule has 1 aliphatic rings. The summed E-state index contributed by atoms with van der Waals surface area (Å²) < 4.78 is 0. The summed E-state index contributed by atoms with van der Waals surface area (Å²) in [5, 5.41) is 0. The average Bonchev–Trinajstić information content (AvgIpc) is 2.73. The van der Waals surface area contributed by atoms with E-state index in [1.165, 1.54) is 6.07 Å². The van der Waals surface area contributed by atoms with Crippen LogP contribution in [0, 0.1) is 5.92 Å². The number of nitrogens with one attached hydrogen (secondary N) is 2. The highest BCUT2D eigenvalue weighted by Crippen LogP contribution is 2.24. The van der Waals surface area contributed by atoms with Crippen molar-refractivity contribution >= 4 is 5.78 Å². The van der Waals surface area contributed by atoms with E-state index >= 15 is 0 Å². The molecule has 1 fully saturated rings. The van der Waals surface area contributed by atoms with E-state index in [1.807, 2.05) is 42.5 Å². The quantitative estimate of drug-likeness (QED) is 0.657. The van der Waals surface area contributed by atoms with Gasteiger partial charge in [-0.25, -0.2) is 4.79 Å². The van der Waals surface area contributed by atoms with Crippen molar-refractivity contribution in [3.8, 4) is 11.1 Å². The van der Waals surface area contributed by atoms with Crippen LogP contribution in [0.5, 0.6) is 0 Å². The van der Waals surface area contributed by atoms with Crippen molar-refractivity contribution in [1.29, 1.82) is 0 Å². The number of carbonyl (C=O) groups is 1. The molecule has 2 heterocycles. The molecule has 0 unspecified atom stereocenters. The van der Waals surface area contributed by atoms with Gasteiger partial charge in [0.25, 0.3) is 5.56 Å². The van der Waals surface area contributed by atoms with Gasteiger partial charge in [0, 0.05) is 36.3 Å². The topological polar surface area (TPSA) is 86.0 Å². The Morgan fingerprint density at radius 2 is 1.69 bits per heavy atom. The zero-order valence-corrected chi connectivity index (χ0v) is 16.1. The summed E-state index contributed by atoms with van der Waals surface area (Å²) in [7, 11) is 0. The van der Waals surface area contributed by atoms with Gasteiger partial charge in [-0.1, -0.05) is 54.6 Å². The van der Waals surface area contributed by atoms with E-state index in [1.54, 1.807) is 0 Å². The van der Waals surface area contributed by atoms with E-state index in [2.05, 4.69) is 27.0 Å². The number of likely N-dealkylation sites (tertiary alicyclic amines) is 1. The van der Waals surface area contributed by atoms with Crippen LogP contribution in [0.15, 0.2) is 70.3 Å². The van der Waals surface area contributed by atoms with Gasteiger partial charge < -0.3 is 4.98 Å². The highest BCUT2D eigenvalue weighted by Gasteiger charge is 2.26. The first kappa shape index (κ1) is 19.1. The van der Waals surface area contributed by atoms with E-state index in [0.29, 0.717) is 18.8 Å². The molecule has 1 aromatic heterocycles. The van der Waals surface area contributed by atoms with Gasteiger partial charge in [-0.3, -0.25) is 19.5 Å². The molecule has 0 saturated carbocycles. The lowest BCUT2D eigenvalue weighted by Crippen LogP contribution is -2.39. The maximum atomic E-state index is 13.0. The number of rotatable bonds is 5. The molecule has 6 nitrogen and oxygen atoms in total. The van der Waals surface area contributed by atoms with E-state index in [9.17, 15) is 14.4 Å². The van der Waals surface area contributed by atoms with Crippen molar-refractivity contribution in [2.24, 2.45) is 5.92 Å². The van der Waals surface area contributed by atoms with Gasteiger partial charge in [0.15, 0.2) is 5.78 Å². The minimum absolute atomic E-state index is 0.0833. The van der Waals surface area contributed by atoms with Gasteiger partial charge in [0.2, 0.25) is 0 Å². The summed E-state index contributed by atoms with van der Waals surface area (Å²) in [6.07, 6.45) is 1.76. The first-order valence-electron chi connectivity index (χ1n) is 9.83. The monoisotopic (exact) mass is 389 g/mol. The molecule has 1 atom stereocenters.